The number of hydrogen-bond donors (Lipinski definition) is 0. The predicted octanol–water partition coefficient (Wildman–Crippen LogP) is 10.3. The van der Waals surface area contributed by atoms with Gasteiger partial charge >= 0.3 is 0 Å². The maximum atomic E-state index is 9.45. The van der Waals surface area contributed by atoms with Crippen molar-refractivity contribution in [3.8, 4) is 17.4 Å². The van der Waals surface area contributed by atoms with Crippen molar-refractivity contribution < 1.29 is 0 Å². The first-order valence-electron chi connectivity index (χ1n) is 14.7. The number of hydrogen-bond acceptors (Lipinski definition) is 1. The van der Waals surface area contributed by atoms with E-state index in [1.807, 2.05) is 12.1 Å². The van der Waals surface area contributed by atoms with Crippen molar-refractivity contribution in [1.82, 2.24) is 9.13 Å². The molecule has 0 aliphatic heterocycles. The first kappa shape index (κ1) is 26.1. The van der Waals surface area contributed by atoms with Gasteiger partial charge in [-0.15, -0.1) is 0 Å². The van der Waals surface area contributed by atoms with Crippen molar-refractivity contribution in [3.63, 3.8) is 0 Å². The van der Waals surface area contributed by atoms with Gasteiger partial charge in [-0.1, -0.05) is 84.0 Å². The van der Waals surface area contributed by atoms with E-state index in [2.05, 4.69) is 148 Å². The van der Waals surface area contributed by atoms with Crippen molar-refractivity contribution in [2.75, 3.05) is 0 Å². The highest BCUT2D eigenvalue weighted by atomic mass is 15.1. The van der Waals surface area contributed by atoms with E-state index >= 15 is 0 Å². The Bertz CT molecular complexity index is 2130. The van der Waals surface area contributed by atoms with Gasteiger partial charge in [-0.2, -0.15) is 5.26 Å². The Labute approximate surface area is 247 Å². The smallest absolute Gasteiger partial charge is 0.0991 e. The van der Waals surface area contributed by atoms with Crippen molar-refractivity contribution in [1.29, 1.82) is 5.26 Å². The summed E-state index contributed by atoms with van der Waals surface area (Å²) >= 11 is 0. The largest absolute Gasteiger partial charge is 0.307 e. The average Bonchev–Trinajstić information content (AvgIpc) is 3.49. The molecule has 0 amide bonds. The number of nitrogens with zero attached hydrogens (tertiary/aromatic N) is 3. The fourth-order valence-corrected chi connectivity index (χ4v) is 6.35. The summed E-state index contributed by atoms with van der Waals surface area (Å²) in [5.41, 5.74) is 10.3. The van der Waals surface area contributed by atoms with Crippen LogP contribution >= 0.6 is 0 Å². The summed E-state index contributed by atoms with van der Waals surface area (Å²) < 4.78 is 4.80. The lowest BCUT2D eigenvalue weighted by atomic mass is 9.85. The zero-order valence-corrected chi connectivity index (χ0v) is 25.2. The molecule has 0 fully saturated rings. The Morgan fingerprint density at radius 2 is 1.07 bits per heavy atom. The molecule has 3 nitrogen and oxygen atoms in total. The SMILES string of the molecule is CC(C)(C)c1ccc2c(c1)c1cc(C(C)(C)C)ccc1n2-c1cccc2c3ccccc3n(-c3ccc(C#N)cc3)c12. The van der Waals surface area contributed by atoms with E-state index in [0.717, 1.165) is 22.4 Å². The second-order valence-electron chi connectivity index (χ2n) is 13.5. The van der Waals surface area contributed by atoms with Crippen LogP contribution < -0.4 is 0 Å². The summed E-state index contributed by atoms with van der Waals surface area (Å²) in [5.74, 6) is 0. The topological polar surface area (TPSA) is 33.6 Å². The predicted molar refractivity (Wildman–Crippen MR) is 177 cm³/mol. The lowest BCUT2D eigenvalue weighted by Crippen LogP contribution is -2.10. The second kappa shape index (κ2) is 9.10. The molecular weight excluding hydrogens is 510 g/mol. The van der Waals surface area contributed by atoms with E-state index < -0.39 is 0 Å². The maximum absolute atomic E-state index is 9.45. The van der Waals surface area contributed by atoms with Gasteiger partial charge in [0, 0.05) is 27.2 Å². The monoisotopic (exact) mass is 545 g/mol. The minimum atomic E-state index is 0.0479. The summed E-state index contributed by atoms with van der Waals surface area (Å²) in [7, 11) is 0. The van der Waals surface area contributed by atoms with E-state index in [1.54, 1.807) is 0 Å². The van der Waals surface area contributed by atoms with E-state index in [4.69, 9.17) is 0 Å². The van der Waals surface area contributed by atoms with Gasteiger partial charge in [-0.05, 0) is 82.6 Å². The van der Waals surface area contributed by atoms with Crippen molar-refractivity contribution in [2.24, 2.45) is 0 Å². The van der Waals surface area contributed by atoms with Crippen LogP contribution in [-0.2, 0) is 10.8 Å². The van der Waals surface area contributed by atoms with Crippen LogP contribution in [0.3, 0.4) is 0 Å². The lowest BCUT2D eigenvalue weighted by molar-refractivity contribution is 0.590. The molecule has 2 heterocycles. The van der Waals surface area contributed by atoms with Gasteiger partial charge in [0.15, 0.2) is 0 Å². The third-order valence-corrected chi connectivity index (χ3v) is 8.67. The van der Waals surface area contributed by atoms with Crippen LogP contribution in [0.25, 0.3) is 55.0 Å². The minimum Gasteiger partial charge on any atom is -0.307 e. The van der Waals surface area contributed by atoms with Gasteiger partial charge in [0.1, 0.15) is 0 Å². The summed E-state index contributed by atoms with van der Waals surface area (Å²) in [4.78, 5) is 0. The third-order valence-electron chi connectivity index (χ3n) is 8.67. The van der Waals surface area contributed by atoms with Gasteiger partial charge in [0.2, 0.25) is 0 Å². The molecule has 0 atom stereocenters. The van der Waals surface area contributed by atoms with Gasteiger partial charge < -0.3 is 9.13 Å². The average molecular weight is 546 g/mol. The Balaban J connectivity index is 1.64. The molecule has 42 heavy (non-hydrogen) atoms. The summed E-state index contributed by atoms with van der Waals surface area (Å²) in [6, 6.07) is 39.4. The highest BCUT2D eigenvalue weighted by molar-refractivity contribution is 6.15. The molecule has 0 aliphatic carbocycles. The fraction of sp³-hybridized carbons (Fsp3) is 0.205. The molecule has 0 bridgehead atoms. The molecule has 0 saturated carbocycles. The molecule has 7 aromatic rings. The van der Waals surface area contributed by atoms with Gasteiger partial charge in [0.05, 0.1) is 39.4 Å². The van der Waals surface area contributed by atoms with Crippen LogP contribution in [-0.4, -0.2) is 9.13 Å². The highest BCUT2D eigenvalue weighted by Crippen LogP contribution is 2.41. The molecule has 5 aromatic carbocycles. The minimum absolute atomic E-state index is 0.0479. The standard InChI is InChI=1S/C39H35N3/c1-38(2,3)26-16-20-34-31(22-26)32-23-27(39(4,5)6)17-21-35(32)42(34)36-13-9-11-30-29-10-7-8-12-33(29)41(37(30)36)28-18-14-25(24-40)15-19-28/h7-23H,1-6H3. The van der Waals surface area contributed by atoms with Crippen molar-refractivity contribution in [3.05, 3.63) is 120 Å². The Kier molecular flexibility index (Phi) is 5.66. The normalized spacial score (nSPS) is 12.5. The van der Waals surface area contributed by atoms with Crippen molar-refractivity contribution in [2.45, 2.75) is 52.4 Å². The second-order valence-corrected chi connectivity index (χ2v) is 13.5. The van der Waals surface area contributed by atoms with Crippen LogP contribution in [0.2, 0.25) is 0 Å². The zero-order valence-electron chi connectivity index (χ0n) is 25.2. The van der Waals surface area contributed by atoms with Crippen LogP contribution in [0, 0.1) is 11.3 Å². The molecule has 0 spiro atoms. The molecule has 7 rings (SSSR count). The number of fused-ring (bicyclic) bond motifs is 6. The summed E-state index contributed by atoms with van der Waals surface area (Å²) in [6.07, 6.45) is 0. The number of nitriles is 1. The molecule has 0 saturated heterocycles. The van der Waals surface area contributed by atoms with Crippen LogP contribution in [0.5, 0.6) is 0 Å². The van der Waals surface area contributed by atoms with Crippen molar-refractivity contribution >= 4 is 43.6 Å². The number of para-hydroxylation sites is 2. The van der Waals surface area contributed by atoms with Gasteiger partial charge in [0.25, 0.3) is 0 Å². The zero-order chi connectivity index (χ0) is 29.4. The Morgan fingerprint density at radius 3 is 1.64 bits per heavy atom. The van der Waals surface area contributed by atoms with Crippen LogP contribution in [0.15, 0.2) is 103 Å². The first-order chi connectivity index (χ1) is 20.1. The number of benzene rings is 5. The third kappa shape index (κ3) is 3.94. The number of rotatable bonds is 2. The molecule has 206 valence electrons. The molecular formula is C39H35N3. The Morgan fingerprint density at radius 1 is 0.524 bits per heavy atom. The number of aromatic nitrogens is 2. The van der Waals surface area contributed by atoms with Crippen LogP contribution in [0.1, 0.15) is 58.2 Å². The fourth-order valence-electron chi connectivity index (χ4n) is 6.35. The van der Waals surface area contributed by atoms with Crippen LogP contribution in [0.4, 0.5) is 0 Å². The molecule has 0 radical (unpaired) electrons. The molecule has 2 aromatic heterocycles. The van der Waals surface area contributed by atoms with Gasteiger partial charge in [-0.3, -0.25) is 0 Å². The highest BCUT2D eigenvalue weighted by Gasteiger charge is 2.23. The van der Waals surface area contributed by atoms with E-state index in [-0.39, 0.29) is 10.8 Å². The molecule has 0 unspecified atom stereocenters. The molecule has 0 aliphatic rings. The quantitative estimate of drug-likeness (QED) is 0.213. The first-order valence-corrected chi connectivity index (χ1v) is 14.7. The maximum Gasteiger partial charge on any atom is 0.0991 e. The van der Waals surface area contributed by atoms with E-state index in [0.29, 0.717) is 5.56 Å². The van der Waals surface area contributed by atoms with E-state index in [1.165, 1.54) is 43.7 Å². The summed E-state index contributed by atoms with van der Waals surface area (Å²) in [6.45, 7) is 13.7. The molecule has 3 heteroatoms. The Hall–Kier alpha value is -4.81. The summed E-state index contributed by atoms with van der Waals surface area (Å²) in [5, 5.41) is 14.4. The van der Waals surface area contributed by atoms with Gasteiger partial charge in [-0.25, -0.2) is 0 Å². The molecule has 0 N–H and O–H groups in total. The van der Waals surface area contributed by atoms with E-state index in [9.17, 15) is 5.26 Å². The lowest BCUT2D eigenvalue weighted by Gasteiger charge is -2.19.